The first-order chi connectivity index (χ1) is 36.1. The molecule has 77 heavy (non-hydrogen) atoms. The second-order valence-electron chi connectivity index (χ2n) is 22.0. The molecule has 0 saturated carbocycles. The molecule has 2 fully saturated rings. The van der Waals surface area contributed by atoms with E-state index < -0.39 is 65.0 Å². The van der Waals surface area contributed by atoms with Crippen LogP contribution in [-0.4, -0.2) is 136 Å². The van der Waals surface area contributed by atoms with Crippen molar-refractivity contribution in [3.63, 3.8) is 0 Å². The first kappa shape index (κ1) is 63.5. The Balaban J connectivity index is 0.000000292. The predicted molar refractivity (Wildman–Crippen MR) is 294 cm³/mol. The van der Waals surface area contributed by atoms with Crippen molar-refractivity contribution in [3.05, 3.63) is 82.1 Å². The van der Waals surface area contributed by atoms with E-state index >= 15 is 0 Å². The molecule has 18 nitrogen and oxygen atoms in total. The maximum atomic E-state index is 13.6. The fourth-order valence-corrected chi connectivity index (χ4v) is 10.7. The molecule has 2 aromatic carbocycles. The zero-order valence-corrected chi connectivity index (χ0v) is 47.2. The highest BCUT2D eigenvalue weighted by atomic mass is 32.1. The molecule has 2 saturated heterocycles. The number of aliphatic hydroxyl groups is 2. The fraction of sp³-hybridized carbons (Fsp3) is 0.544. The van der Waals surface area contributed by atoms with Crippen LogP contribution in [0.5, 0.6) is 0 Å². The van der Waals surface area contributed by atoms with E-state index in [2.05, 4.69) is 22.1 Å². The highest BCUT2D eigenvalue weighted by Gasteiger charge is 2.45. The number of aryl methyl sites for hydroxylation is 4. The van der Waals surface area contributed by atoms with Gasteiger partial charge in [0, 0.05) is 76.8 Å². The molecule has 2 aromatic heterocycles. The molecule has 2 aliphatic rings. The molecule has 6 rings (SSSR count). The standard InChI is InChI=1S/C29H38N2O6S.C23H31N3O3S.C5H8O4/c1-18-27(38-17-30-18)20-11-8-19(9-12-20)10-13-25(34)24-15-22(33)16-31(24)28(37)23(29(2,3)4)14-21(32)6-5-7-26(35)36;1-14-20(30-13-25-14)16-8-5-15(6-9-16)7-10-19(28)18-11-17(27)12-26(18)22(29)21(24)23(2,3)4;6-4(7)2-1-3-5(8)9/h8-9,11-12,17,22-24,33H,5-7,10,13-16H2,1-4H3,(H,35,36);5-6,8-9,13,17-18,21,27H,7,10-12,24H2,1-4H3;1-3H2,(H,6,7)(H,8,9)/t22-,23-,24+;17-,18+,21-;/m11./s1. The zero-order chi connectivity index (χ0) is 57.4. The maximum Gasteiger partial charge on any atom is 0.303 e. The van der Waals surface area contributed by atoms with E-state index in [0.717, 1.165) is 43.4 Å². The Morgan fingerprint density at radius 1 is 0.584 bits per heavy atom. The number of carboxylic acids is 3. The van der Waals surface area contributed by atoms with E-state index in [4.69, 9.17) is 21.1 Å². The van der Waals surface area contributed by atoms with Crippen LogP contribution in [0.2, 0.25) is 0 Å². The third-order valence-electron chi connectivity index (χ3n) is 13.7. The van der Waals surface area contributed by atoms with E-state index in [-0.39, 0.29) is 106 Å². The number of aliphatic hydroxyl groups excluding tert-OH is 2. The highest BCUT2D eigenvalue weighted by molar-refractivity contribution is 7.13. The number of amides is 2. The summed E-state index contributed by atoms with van der Waals surface area (Å²) in [6, 6.07) is 14.2. The van der Waals surface area contributed by atoms with E-state index in [0.29, 0.717) is 19.3 Å². The number of aliphatic carboxylic acids is 3. The first-order valence-electron chi connectivity index (χ1n) is 26.0. The van der Waals surface area contributed by atoms with Crippen molar-refractivity contribution in [3.8, 4) is 20.9 Å². The number of aromatic nitrogens is 2. The first-order valence-corrected chi connectivity index (χ1v) is 27.8. The molecule has 4 aromatic rings. The molecule has 0 radical (unpaired) electrons. The Kier molecular flexibility index (Phi) is 24.0. The average Bonchev–Trinajstić information content (AvgIpc) is 4.18. The molecule has 0 unspecified atom stereocenters. The molecule has 20 heteroatoms. The summed E-state index contributed by atoms with van der Waals surface area (Å²) < 4.78 is 0. The largest absolute Gasteiger partial charge is 0.481 e. The minimum Gasteiger partial charge on any atom is -0.481 e. The van der Waals surface area contributed by atoms with E-state index in [9.17, 15) is 48.6 Å². The molecule has 2 amide bonds. The summed E-state index contributed by atoms with van der Waals surface area (Å²) in [6.45, 7) is 15.5. The number of benzene rings is 2. The van der Waals surface area contributed by atoms with Gasteiger partial charge < -0.3 is 41.1 Å². The van der Waals surface area contributed by atoms with Gasteiger partial charge in [-0.15, -0.1) is 22.7 Å². The number of Topliss-reactive ketones (excluding diaryl/α,β-unsaturated/α-hetero) is 3. The normalized spacial score (nSPS) is 18.1. The van der Waals surface area contributed by atoms with E-state index in [1.807, 2.05) is 103 Å². The predicted octanol–water partition coefficient (Wildman–Crippen LogP) is 7.74. The van der Waals surface area contributed by atoms with Crippen LogP contribution >= 0.6 is 22.7 Å². The van der Waals surface area contributed by atoms with Gasteiger partial charge in [0.05, 0.1) is 62.5 Å². The SMILES string of the molecule is Cc1ncsc1-c1ccc(CCC(=O)[C@@H]2C[C@@H](O)CN2C(=O)[C@@H](CC(=O)CCCC(=O)O)C(C)(C)C)cc1.Cc1ncsc1-c1ccc(CCC(=O)[C@@H]2C[C@@H](O)CN2C(=O)[C@@H](N)C(C)(C)C)cc1.O=C(O)CCCC(=O)O. The molecule has 4 heterocycles. The number of likely N-dealkylation sites (tertiary alicyclic amines) is 2. The summed E-state index contributed by atoms with van der Waals surface area (Å²) >= 11 is 3.20. The molecule has 0 aliphatic carbocycles. The lowest BCUT2D eigenvalue weighted by Crippen LogP contribution is -2.53. The van der Waals surface area contributed by atoms with Crippen molar-refractivity contribution in [1.82, 2.24) is 19.8 Å². The lowest BCUT2D eigenvalue weighted by molar-refractivity contribution is -0.146. The van der Waals surface area contributed by atoms with E-state index in [1.54, 1.807) is 22.7 Å². The van der Waals surface area contributed by atoms with Crippen LogP contribution in [-0.2, 0) is 51.2 Å². The Morgan fingerprint density at radius 3 is 1.30 bits per heavy atom. The van der Waals surface area contributed by atoms with Crippen molar-refractivity contribution in [1.29, 1.82) is 0 Å². The van der Waals surface area contributed by atoms with Crippen LogP contribution < -0.4 is 5.73 Å². The van der Waals surface area contributed by atoms with Crippen LogP contribution in [0.1, 0.15) is 135 Å². The van der Waals surface area contributed by atoms with Gasteiger partial charge in [-0.05, 0) is 72.6 Å². The average molecular weight is 1100 g/mol. The summed E-state index contributed by atoms with van der Waals surface area (Å²) in [4.78, 5) is 109. The Morgan fingerprint density at radius 2 is 0.961 bits per heavy atom. The highest BCUT2D eigenvalue weighted by Crippen LogP contribution is 2.35. The van der Waals surface area contributed by atoms with Gasteiger partial charge in [-0.25, -0.2) is 9.97 Å². The fourth-order valence-electron chi connectivity index (χ4n) is 9.07. The van der Waals surface area contributed by atoms with Gasteiger partial charge in [0.25, 0.3) is 0 Å². The Labute approximate surface area is 459 Å². The summed E-state index contributed by atoms with van der Waals surface area (Å²) in [6.07, 6.45) is 1.00. The van der Waals surface area contributed by atoms with Gasteiger partial charge in [0.15, 0.2) is 11.6 Å². The van der Waals surface area contributed by atoms with Gasteiger partial charge in [-0.1, -0.05) is 90.1 Å². The Hall–Kier alpha value is -6.06. The molecule has 6 atom stereocenters. The number of hydrogen-bond donors (Lipinski definition) is 6. The second-order valence-corrected chi connectivity index (χ2v) is 23.8. The van der Waals surface area contributed by atoms with Crippen molar-refractivity contribution in [2.45, 2.75) is 169 Å². The number of thiazole rings is 2. The van der Waals surface area contributed by atoms with Crippen molar-refractivity contribution < 1.29 is 63.9 Å². The molecular formula is C57H77N5O13S2. The topological polar surface area (TPSA) is 296 Å². The monoisotopic (exact) mass is 1100 g/mol. The number of nitrogens with two attached hydrogens (primary N) is 1. The quantitative estimate of drug-likeness (QED) is 0.0438. The number of ketones is 3. The summed E-state index contributed by atoms with van der Waals surface area (Å²) in [7, 11) is 0. The van der Waals surface area contributed by atoms with Crippen LogP contribution in [0.4, 0.5) is 0 Å². The minimum absolute atomic E-state index is 0.0129. The second kappa shape index (κ2) is 29.1. The number of hydrogen-bond acceptors (Lipinski definition) is 15. The lowest BCUT2D eigenvalue weighted by Gasteiger charge is -2.34. The van der Waals surface area contributed by atoms with E-state index in [1.165, 1.54) is 9.80 Å². The third kappa shape index (κ3) is 19.7. The summed E-state index contributed by atoms with van der Waals surface area (Å²) in [5, 5.41) is 45.3. The number of rotatable bonds is 22. The van der Waals surface area contributed by atoms with Gasteiger partial charge >= 0.3 is 17.9 Å². The molecule has 2 aliphatic heterocycles. The molecule has 0 bridgehead atoms. The van der Waals surface area contributed by atoms with Crippen LogP contribution in [0.3, 0.4) is 0 Å². The molecular weight excluding hydrogens is 1030 g/mol. The summed E-state index contributed by atoms with van der Waals surface area (Å²) in [5.74, 6) is -4.37. The molecule has 420 valence electrons. The number of carbonyl (C=O) groups excluding carboxylic acids is 5. The van der Waals surface area contributed by atoms with Crippen LogP contribution in [0.15, 0.2) is 59.6 Å². The van der Waals surface area contributed by atoms with Crippen LogP contribution in [0.25, 0.3) is 20.9 Å². The molecule has 0 spiro atoms. The van der Waals surface area contributed by atoms with Crippen LogP contribution in [0, 0.1) is 30.6 Å². The third-order valence-corrected chi connectivity index (χ3v) is 15.7. The van der Waals surface area contributed by atoms with Gasteiger partial charge in [-0.2, -0.15) is 0 Å². The number of β-amino-alcohol motifs (C(OH)–C–C–N with tert-alkyl or cyclic N) is 2. The number of carboxylic acid groups (broad SMARTS) is 3. The number of nitrogens with zero attached hydrogens (tertiary/aromatic N) is 4. The summed E-state index contributed by atoms with van der Waals surface area (Å²) in [5.41, 5.74) is 15.1. The van der Waals surface area contributed by atoms with Gasteiger partial charge in [0.1, 0.15) is 5.78 Å². The van der Waals surface area contributed by atoms with Crippen molar-refractivity contribution in [2.24, 2.45) is 22.5 Å². The van der Waals surface area contributed by atoms with Crippen molar-refractivity contribution >= 4 is 69.7 Å². The van der Waals surface area contributed by atoms with Crippen molar-refractivity contribution in [2.75, 3.05) is 13.1 Å². The number of carbonyl (C=O) groups is 8. The van der Waals surface area contributed by atoms with Gasteiger partial charge in [0.2, 0.25) is 11.8 Å². The lowest BCUT2D eigenvalue weighted by atomic mass is 9.76. The molecule has 7 N–H and O–H groups in total. The maximum absolute atomic E-state index is 13.6. The smallest absolute Gasteiger partial charge is 0.303 e. The zero-order valence-electron chi connectivity index (χ0n) is 45.5. The van der Waals surface area contributed by atoms with Gasteiger partial charge in [-0.3, -0.25) is 38.4 Å². The minimum atomic E-state index is -0.959. The Bertz CT molecular complexity index is 2640.